The van der Waals surface area contributed by atoms with Crippen molar-refractivity contribution in [2.75, 3.05) is 0 Å². The van der Waals surface area contributed by atoms with Crippen LogP contribution in [-0.4, -0.2) is 32.8 Å². The number of amides is 1. The van der Waals surface area contributed by atoms with Crippen molar-refractivity contribution in [2.45, 2.75) is 37.9 Å². The van der Waals surface area contributed by atoms with Gasteiger partial charge in [-0.05, 0) is 24.1 Å². The fourth-order valence-corrected chi connectivity index (χ4v) is 4.27. The van der Waals surface area contributed by atoms with Gasteiger partial charge in [-0.25, -0.2) is 8.42 Å². The van der Waals surface area contributed by atoms with Crippen molar-refractivity contribution in [3.8, 4) is 5.75 Å². The molecule has 1 heterocycles. The first kappa shape index (κ1) is 21.7. The van der Waals surface area contributed by atoms with Gasteiger partial charge < -0.3 is 10.1 Å². The number of carbonyl (C=O) groups is 1. The molecule has 0 aliphatic carbocycles. The minimum atomic E-state index is -3.72. The Hall–Kier alpha value is -3.01. The molecule has 10 heteroatoms. The number of nitrogens with one attached hydrogen (secondary N) is 2. The molecule has 1 atom stereocenters. The number of sulfonamides is 1. The van der Waals surface area contributed by atoms with Gasteiger partial charge in [-0.1, -0.05) is 44.2 Å². The molecule has 0 bridgehead atoms. The van der Waals surface area contributed by atoms with Crippen LogP contribution in [0.25, 0.3) is 0 Å². The van der Waals surface area contributed by atoms with Crippen molar-refractivity contribution in [2.24, 2.45) is 10.9 Å². The predicted octanol–water partition coefficient (Wildman–Crippen LogP) is 2.67. The van der Waals surface area contributed by atoms with Gasteiger partial charge in [0.2, 0.25) is 5.91 Å². The number of benzene rings is 2. The van der Waals surface area contributed by atoms with Crippen molar-refractivity contribution >= 4 is 21.8 Å². The fourth-order valence-electron chi connectivity index (χ4n) is 3.03. The number of halogens is 2. The highest BCUT2D eigenvalue weighted by molar-refractivity contribution is 7.90. The van der Waals surface area contributed by atoms with E-state index in [1.165, 1.54) is 12.1 Å². The van der Waals surface area contributed by atoms with Gasteiger partial charge in [0, 0.05) is 17.7 Å². The van der Waals surface area contributed by atoms with Crippen molar-refractivity contribution < 1.29 is 26.7 Å². The Labute approximate surface area is 173 Å². The van der Waals surface area contributed by atoms with E-state index in [0.29, 0.717) is 11.1 Å². The number of fused-ring (bicyclic) bond motifs is 1. The first-order valence-corrected chi connectivity index (χ1v) is 10.7. The molecular formula is C20H21F2N3O4S. The van der Waals surface area contributed by atoms with E-state index < -0.39 is 28.6 Å². The third kappa shape index (κ3) is 4.76. The van der Waals surface area contributed by atoms with E-state index in [4.69, 9.17) is 0 Å². The number of ether oxygens (including phenoxy) is 1. The smallest absolute Gasteiger partial charge is 0.387 e. The maximum absolute atomic E-state index is 12.8. The van der Waals surface area contributed by atoms with E-state index in [1.807, 2.05) is 0 Å². The van der Waals surface area contributed by atoms with E-state index in [2.05, 4.69) is 19.8 Å². The van der Waals surface area contributed by atoms with E-state index >= 15 is 0 Å². The average molecular weight is 437 g/mol. The number of amidine groups is 1. The molecule has 2 N–H and O–H groups in total. The first-order chi connectivity index (χ1) is 14.2. The monoisotopic (exact) mass is 437 g/mol. The van der Waals surface area contributed by atoms with Gasteiger partial charge in [0.25, 0.3) is 10.0 Å². The predicted molar refractivity (Wildman–Crippen MR) is 107 cm³/mol. The molecule has 0 radical (unpaired) electrons. The molecule has 160 valence electrons. The summed E-state index contributed by atoms with van der Waals surface area (Å²) in [4.78, 5) is 17.2. The van der Waals surface area contributed by atoms with Crippen LogP contribution >= 0.6 is 0 Å². The number of para-hydroxylation sites is 1. The highest BCUT2D eigenvalue weighted by Gasteiger charge is 2.32. The molecule has 0 saturated heterocycles. The summed E-state index contributed by atoms with van der Waals surface area (Å²) in [6, 6.07) is 11.6. The van der Waals surface area contributed by atoms with Crippen LogP contribution in [0.2, 0.25) is 0 Å². The summed E-state index contributed by atoms with van der Waals surface area (Å²) in [5.74, 6) is -0.645. The molecule has 1 aliphatic heterocycles. The lowest BCUT2D eigenvalue weighted by atomic mass is 10.0. The molecule has 2 aromatic rings. The van der Waals surface area contributed by atoms with Gasteiger partial charge in [-0.3, -0.25) is 14.5 Å². The normalized spacial score (nSPS) is 16.9. The Morgan fingerprint density at radius 2 is 1.80 bits per heavy atom. The van der Waals surface area contributed by atoms with Crippen LogP contribution in [0.4, 0.5) is 8.78 Å². The molecule has 0 unspecified atom stereocenters. The number of hydrogen-bond acceptors (Lipinski definition) is 5. The van der Waals surface area contributed by atoms with Crippen molar-refractivity contribution in [3.05, 3.63) is 59.7 Å². The van der Waals surface area contributed by atoms with Crippen LogP contribution in [0, 0.1) is 5.92 Å². The highest BCUT2D eigenvalue weighted by atomic mass is 32.2. The molecule has 3 rings (SSSR count). The zero-order valence-corrected chi connectivity index (χ0v) is 17.1. The average Bonchev–Trinajstić information content (AvgIpc) is 2.95. The molecule has 30 heavy (non-hydrogen) atoms. The zero-order chi connectivity index (χ0) is 21.9. The maximum Gasteiger partial charge on any atom is 0.387 e. The van der Waals surface area contributed by atoms with Gasteiger partial charge in [0.1, 0.15) is 17.6 Å². The van der Waals surface area contributed by atoms with Crippen LogP contribution in [0.3, 0.4) is 0 Å². The molecule has 2 aromatic carbocycles. The van der Waals surface area contributed by atoms with Gasteiger partial charge >= 0.3 is 6.61 Å². The maximum atomic E-state index is 12.8. The third-order valence-electron chi connectivity index (χ3n) is 4.47. The quantitative estimate of drug-likeness (QED) is 0.696. The van der Waals surface area contributed by atoms with Crippen LogP contribution < -0.4 is 14.8 Å². The zero-order valence-electron chi connectivity index (χ0n) is 16.3. The van der Waals surface area contributed by atoms with Crippen LogP contribution in [0.1, 0.15) is 25.0 Å². The lowest BCUT2D eigenvalue weighted by molar-refractivity contribution is -0.123. The lowest BCUT2D eigenvalue weighted by Gasteiger charge is -2.18. The van der Waals surface area contributed by atoms with E-state index in [-0.39, 0.29) is 28.9 Å². The standard InChI is InChI=1S/C20H21F2N3O4S/c1-12(2)17(24-18-14-8-4-6-10-16(14)30(27,28)25-18)19(26)23-11-13-7-3-5-9-15(13)29-20(21)22/h3-10,12,17,20H,11H2,1-2H3,(H,23,26)(H,24,25)/t17-/m0/s1. The summed E-state index contributed by atoms with van der Waals surface area (Å²) in [5.41, 5.74) is 0.778. The SMILES string of the molecule is CC(C)[C@H](N=C1NS(=O)(=O)c2ccccc21)C(=O)NCc1ccccc1OC(F)F. The second-order valence-electron chi connectivity index (χ2n) is 6.97. The number of alkyl halides is 2. The minimum absolute atomic E-state index is 0.0299. The summed E-state index contributed by atoms with van der Waals surface area (Å²) >= 11 is 0. The molecule has 0 fully saturated rings. The van der Waals surface area contributed by atoms with Gasteiger partial charge in [0.15, 0.2) is 0 Å². The lowest BCUT2D eigenvalue weighted by Crippen LogP contribution is -2.38. The van der Waals surface area contributed by atoms with Crippen molar-refractivity contribution in [3.63, 3.8) is 0 Å². The van der Waals surface area contributed by atoms with Gasteiger partial charge in [0.05, 0.1) is 4.90 Å². The molecule has 0 aromatic heterocycles. The first-order valence-electron chi connectivity index (χ1n) is 9.19. The molecule has 7 nitrogen and oxygen atoms in total. The van der Waals surface area contributed by atoms with Gasteiger partial charge in [-0.2, -0.15) is 8.78 Å². The molecule has 1 aliphatic rings. The highest BCUT2D eigenvalue weighted by Crippen LogP contribution is 2.24. The number of carbonyl (C=O) groups excluding carboxylic acids is 1. The Bertz CT molecular complexity index is 1070. The molecule has 1 amide bonds. The molecule has 0 spiro atoms. The second-order valence-corrected chi connectivity index (χ2v) is 8.62. The third-order valence-corrected chi connectivity index (χ3v) is 5.87. The molecular weight excluding hydrogens is 416 g/mol. The summed E-state index contributed by atoms with van der Waals surface area (Å²) in [7, 11) is -3.72. The number of rotatable bonds is 7. The van der Waals surface area contributed by atoms with Crippen molar-refractivity contribution in [1.29, 1.82) is 0 Å². The van der Waals surface area contributed by atoms with E-state index in [9.17, 15) is 22.0 Å². The number of nitrogens with zero attached hydrogens (tertiary/aromatic N) is 1. The second kappa shape index (κ2) is 8.78. The van der Waals surface area contributed by atoms with Crippen LogP contribution in [0.5, 0.6) is 5.75 Å². The van der Waals surface area contributed by atoms with E-state index in [1.54, 1.807) is 50.2 Å². The largest absolute Gasteiger partial charge is 0.434 e. The summed E-state index contributed by atoms with van der Waals surface area (Å²) < 4.78 is 56.5. The molecule has 0 saturated carbocycles. The van der Waals surface area contributed by atoms with Gasteiger partial charge in [-0.15, -0.1) is 0 Å². The Balaban J connectivity index is 1.80. The Morgan fingerprint density at radius 3 is 2.50 bits per heavy atom. The fraction of sp³-hybridized carbons (Fsp3) is 0.300. The summed E-state index contributed by atoms with van der Waals surface area (Å²) in [5, 5.41) is 2.66. The van der Waals surface area contributed by atoms with Crippen LogP contribution in [-0.2, 0) is 21.4 Å². The number of hydrogen-bond donors (Lipinski definition) is 2. The number of aliphatic imine (C=N–C) groups is 1. The Kier molecular flexibility index (Phi) is 6.35. The summed E-state index contributed by atoms with van der Waals surface area (Å²) in [6.07, 6.45) is 0. The Morgan fingerprint density at radius 1 is 1.13 bits per heavy atom. The van der Waals surface area contributed by atoms with E-state index in [0.717, 1.165) is 0 Å². The topological polar surface area (TPSA) is 96.9 Å². The minimum Gasteiger partial charge on any atom is -0.434 e. The van der Waals surface area contributed by atoms with Crippen molar-refractivity contribution in [1.82, 2.24) is 10.0 Å². The van der Waals surface area contributed by atoms with Crippen LogP contribution in [0.15, 0.2) is 58.4 Å². The summed E-state index contributed by atoms with van der Waals surface area (Å²) in [6.45, 7) is 0.528.